The lowest BCUT2D eigenvalue weighted by molar-refractivity contribution is -0.142. The molecule has 0 bridgehead atoms. The minimum Gasteiger partial charge on any atom is -0.480 e. The van der Waals surface area contributed by atoms with Gasteiger partial charge in [-0.25, -0.2) is 9.67 Å². The molecule has 0 amide bonds. The van der Waals surface area contributed by atoms with Crippen molar-refractivity contribution in [3.05, 3.63) is 12.2 Å². The summed E-state index contributed by atoms with van der Waals surface area (Å²) in [6.07, 6.45) is 1.16. The molecule has 1 aromatic rings. The monoisotopic (exact) mass is 240 g/mol. The van der Waals surface area contributed by atoms with Crippen LogP contribution in [0.4, 0.5) is 0 Å². The SMILES string of the molecule is CCn1ncnc1CN1CC(O)CC1C(=O)O. The molecule has 1 fully saturated rings. The molecule has 7 heteroatoms. The van der Waals surface area contributed by atoms with E-state index in [4.69, 9.17) is 5.11 Å². The van der Waals surface area contributed by atoms with Crippen LogP contribution in [0.15, 0.2) is 6.33 Å². The average Bonchev–Trinajstić information content (AvgIpc) is 2.85. The molecule has 17 heavy (non-hydrogen) atoms. The Hall–Kier alpha value is -1.47. The Morgan fingerprint density at radius 3 is 3.06 bits per heavy atom. The molecule has 1 saturated heterocycles. The van der Waals surface area contributed by atoms with E-state index in [1.807, 2.05) is 6.92 Å². The summed E-state index contributed by atoms with van der Waals surface area (Å²) >= 11 is 0. The van der Waals surface area contributed by atoms with Crippen LogP contribution < -0.4 is 0 Å². The van der Waals surface area contributed by atoms with Gasteiger partial charge in [-0.15, -0.1) is 0 Å². The van der Waals surface area contributed by atoms with E-state index < -0.39 is 18.1 Å². The number of β-amino-alcohol motifs (C(OH)–C–C–N with tert-alkyl or cyclic N) is 1. The highest BCUT2D eigenvalue weighted by Gasteiger charge is 2.36. The molecule has 0 saturated carbocycles. The number of aliphatic hydroxyl groups excluding tert-OH is 1. The van der Waals surface area contributed by atoms with Gasteiger partial charge < -0.3 is 10.2 Å². The Morgan fingerprint density at radius 1 is 1.65 bits per heavy atom. The van der Waals surface area contributed by atoms with E-state index in [1.165, 1.54) is 6.33 Å². The molecule has 2 N–H and O–H groups in total. The van der Waals surface area contributed by atoms with Crippen LogP contribution in [0, 0.1) is 0 Å². The second-order valence-corrected chi connectivity index (χ2v) is 4.17. The molecule has 1 aliphatic rings. The zero-order valence-electron chi connectivity index (χ0n) is 9.65. The van der Waals surface area contributed by atoms with Gasteiger partial charge in [0.25, 0.3) is 0 Å². The van der Waals surface area contributed by atoms with E-state index in [0.717, 1.165) is 5.82 Å². The van der Waals surface area contributed by atoms with E-state index in [1.54, 1.807) is 9.58 Å². The van der Waals surface area contributed by atoms with Crippen LogP contribution in [-0.4, -0.2) is 54.5 Å². The van der Waals surface area contributed by atoms with Crippen molar-refractivity contribution < 1.29 is 15.0 Å². The van der Waals surface area contributed by atoms with Crippen molar-refractivity contribution in [2.45, 2.75) is 38.6 Å². The van der Waals surface area contributed by atoms with Crippen molar-refractivity contribution in [3.8, 4) is 0 Å². The predicted molar refractivity (Wildman–Crippen MR) is 58.2 cm³/mol. The Bertz CT molecular complexity index is 406. The first-order valence-corrected chi connectivity index (χ1v) is 5.63. The lowest BCUT2D eigenvalue weighted by atomic mass is 10.2. The summed E-state index contributed by atoms with van der Waals surface area (Å²) in [5.74, 6) is -0.169. The molecule has 2 heterocycles. The fraction of sp³-hybridized carbons (Fsp3) is 0.700. The molecular weight excluding hydrogens is 224 g/mol. The minimum atomic E-state index is -0.899. The number of likely N-dealkylation sites (tertiary alicyclic amines) is 1. The van der Waals surface area contributed by atoms with E-state index in [9.17, 15) is 9.90 Å². The maximum absolute atomic E-state index is 11.0. The quantitative estimate of drug-likeness (QED) is 0.724. The highest BCUT2D eigenvalue weighted by atomic mass is 16.4. The summed E-state index contributed by atoms with van der Waals surface area (Å²) in [5.41, 5.74) is 0. The normalized spacial score (nSPS) is 25.3. The summed E-state index contributed by atoms with van der Waals surface area (Å²) in [4.78, 5) is 16.9. The number of aromatic nitrogens is 3. The van der Waals surface area contributed by atoms with Crippen molar-refractivity contribution in [1.82, 2.24) is 19.7 Å². The van der Waals surface area contributed by atoms with Gasteiger partial charge in [-0.1, -0.05) is 0 Å². The molecule has 2 unspecified atom stereocenters. The first kappa shape index (κ1) is 12.0. The molecule has 7 nitrogen and oxygen atoms in total. The van der Waals surface area contributed by atoms with Gasteiger partial charge in [-0.3, -0.25) is 9.69 Å². The predicted octanol–water partition coefficient (Wildman–Crippen LogP) is -0.682. The third-order valence-electron chi connectivity index (χ3n) is 3.01. The fourth-order valence-corrected chi connectivity index (χ4v) is 2.17. The maximum atomic E-state index is 11.0. The number of carboxylic acids is 1. The third kappa shape index (κ3) is 2.45. The van der Waals surface area contributed by atoms with Gasteiger partial charge in [0.2, 0.25) is 0 Å². The second kappa shape index (κ2) is 4.80. The number of hydrogen-bond acceptors (Lipinski definition) is 5. The number of aliphatic hydroxyl groups is 1. The molecule has 0 aromatic carbocycles. The van der Waals surface area contributed by atoms with Crippen LogP contribution in [0.1, 0.15) is 19.2 Å². The van der Waals surface area contributed by atoms with Gasteiger partial charge >= 0.3 is 5.97 Å². The van der Waals surface area contributed by atoms with Gasteiger partial charge in [-0.05, 0) is 6.92 Å². The molecule has 1 aliphatic heterocycles. The summed E-state index contributed by atoms with van der Waals surface area (Å²) in [6.45, 7) is 3.42. The zero-order chi connectivity index (χ0) is 12.4. The van der Waals surface area contributed by atoms with Crippen LogP contribution in [0.3, 0.4) is 0 Å². The van der Waals surface area contributed by atoms with Gasteiger partial charge in [-0.2, -0.15) is 5.10 Å². The van der Waals surface area contributed by atoms with Crippen LogP contribution >= 0.6 is 0 Å². The smallest absolute Gasteiger partial charge is 0.321 e. The summed E-state index contributed by atoms with van der Waals surface area (Å²) < 4.78 is 1.73. The molecule has 0 spiro atoms. The molecule has 2 rings (SSSR count). The summed E-state index contributed by atoms with van der Waals surface area (Å²) in [5, 5.41) is 22.6. The highest BCUT2D eigenvalue weighted by molar-refractivity contribution is 5.74. The topological polar surface area (TPSA) is 91.5 Å². The van der Waals surface area contributed by atoms with Crippen molar-refractivity contribution in [3.63, 3.8) is 0 Å². The Kier molecular flexibility index (Phi) is 3.39. The molecule has 0 radical (unpaired) electrons. The van der Waals surface area contributed by atoms with E-state index >= 15 is 0 Å². The molecule has 94 valence electrons. The number of carboxylic acid groups (broad SMARTS) is 1. The lowest BCUT2D eigenvalue weighted by Crippen LogP contribution is -2.36. The van der Waals surface area contributed by atoms with Crippen LogP contribution in [-0.2, 0) is 17.9 Å². The van der Waals surface area contributed by atoms with E-state index in [0.29, 0.717) is 19.6 Å². The van der Waals surface area contributed by atoms with Crippen LogP contribution in [0.2, 0.25) is 0 Å². The van der Waals surface area contributed by atoms with Gasteiger partial charge in [0.1, 0.15) is 18.2 Å². The summed E-state index contributed by atoms with van der Waals surface area (Å²) in [6, 6.07) is -0.632. The van der Waals surface area contributed by atoms with Gasteiger partial charge in [0, 0.05) is 19.5 Å². The zero-order valence-corrected chi connectivity index (χ0v) is 9.65. The number of aryl methyl sites for hydroxylation is 1. The Morgan fingerprint density at radius 2 is 2.41 bits per heavy atom. The molecule has 1 aromatic heterocycles. The Labute approximate surface area is 98.7 Å². The van der Waals surface area contributed by atoms with Gasteiger partial charge in [0.05, 0.1) is 12.6 Å². The number of hydrogen-bond donors (Lipinski definition) is 2. The largest absolute Gasteiger partial charge is 0.480 e. The number of aliphatic carboxylic acids is 1. The Balaban J connectivity index is 2.09. The van der Waals surface area contributed by atoms with Crippen LogP contribution in [0.25, 0.3) is 0 Å². The third-order valence-corrected chi connectivity index (χ3v) is 3.01. The van der Waals surface area contributed by atoms with E-state index in [-0.39, 0.29) is 6.42 Å². The first-order chi connectivity index (χ1) is 8.11. The summed E-state index contributed by atoms with van der Waals surface area (Å²) in [7, 11) is 0. The number of nitrogens with zero attached hydrogens (tertiary/aromatic N) is 4. The van der Waals surface area contributed by atoms with Crippen molar-refractivity contribution in [1.29, 1.82) is 0 Å². The lowest BCUT2D eigenvalue weighted by Gasteiger charge is -2.19. The van der Waals surface area contributed by atoms with Crippen molar-refractivity contribution in [2.75, 3.05) is 6.54 Å². The second-order valence-electron chi connectivity index (χ2n) is 4.17. The maximum Gasteiger partial charge on any atom is 0.321 e. The van der Waals surface area contributed by atoms with Crippen molar-refractivity contribution >= 4 is 5.97 Å². The van der Waals surface area contributed by atoms with Crippen molar-refractivity contribution in [2.24, 2.45) is 0 Å². The van der Waals surface area contributed by atoms with Gasteiger partial charge in [0.15, 0.2) is 0 Å². The average molecular weight is 240 g/mol. The number of rotatable bonds is 4. The molecular formula is C10H16N4O3. The fourth-order valence-electron chi connectivity index (χ4n) is 2.17. The molecule has 2 atom stereocenters. The van der Waals surface area contributed by atoms with Crippen LogP contribution in [0.5, 0.6) is 0 Å². The van der Waals surface area contributed by atoms with E-state index in [2.05, 4.69) is 10.1 Å². The molecule has 0 aliphatic carbocycles. The standard InChI is InChI=1S/C10H16N4O3/c1-2-14-9(11-6-12-14)5-13-4-7(15)3-8(13)10(16)17/h6-8,15H,2-5H2,1H3,(H,16,17). The minimum absolute atomic E-state index is 0.273. The first-order valence-electron chi connectivity index (χ1n) is 5.63. The highest BCUT2D eigenvalue weighted by Crippen LogP contribution is 2.20. The number of carbonyl (C=O) groups is 1.